The molecule has 36 heavy (non-hydrogen) atoms. The van der Waals surface area contributed by atoms with Gasteiger partial charge in [0.2, 0.25) is 5.82 Å². The van der Waals surface area contributed by atoms with Gasteiger partial charge in [-0.05, 0) is 42.8 Å². The second-order valence-electron chi connectivity index (χ2n) is 9.30. The minimum Gasteiger partial charge on any atom is -0.481 e. The molecule has 3 aromatic rings. The van der Waals surface area contributed by atoms with E-state index in [0.717, 1.165) is 6.07 Å². The first-order chi connectivity index (χ1) is 17.1. The van der Waals surface area contributed by atoms with Crippen LogP contribution in [0.1, 0.15) is 66.8 Å². The maximum absolute atomic E-state index is 14.6. The van der Waals surface area contributed by atoms with E-state index >= 15 is 0 Å². The number of ketones is 1. The lowest BCUT2D eigenvalue weighted by Crippen LogP contribution is -2.40. The van der Waals surface area contributed by atoms with Gasteiger partial charge in [0.25, 0.3) is 11.8 Å². The molecule has 1 heterocycles. The van der Waals surface area contributed by atoms with Gasteiger partial charge in [-0.2, -0.15) is 4.98 Å². The van der Waals surface area contributed by atoms with Crippen LogP contribution in [0.25, 0.3) is 11.4 Å². The minimum absolute atomic E-state index is 0.0278. The van der Waals surface area contributed by atoms with Crippen LogP contribution in [-0.4, -0.2) is 51.3 Å². The maximum Gasteiger partial charge on any atom is 0.268 e. The SMILES string of the molecule is CC[C@@H](Oc1ccc(C(=O)C(C)(C)C)cc1)c1nc(-c2ccc(C(=O)NC(CO)CO)c(F)c2)no1. The van der Waals surface area contributed by atoms with Crippen molar-refractivity contribution >= 4 is 11.7 Å². The van der Waals surface area contributed by atoms with E-state index in [9.17, 15) is 14.0 Å². The quantitative estimate of drug-likeness (QED) is 0.359. The number of hydrogen-bond donors (Lipinski definition) is 3. The topological polar surface area (TPSA) is 135 Å². The Morgan fingerprint density at radius 1 is 1.11 bits per heavy atom. The Morgan fingerprint density at radius 3 is 2.33 bits per heavy atom. The summed E-state index contributed by atoms with van der Waals surface area (Å²) in [4.78, 5) is 29.0. The number of nitrogens with one attached hydrogen (secondary N) is 1. The highest BCUT2D eigenvalue weighted by Gasteiger charge is 2.24. The molecule has 0 radical (unpaired) electrons. The highest BCUT2D eigenvalue weighted by atomic mass is 19.1. The van der Waals surface area contributed by atoms with Crippen LogP contribution in [0.3, 0.4) is 0 Å². The Kier molecular flexibility index (Phi) is 8.54. The van der Waals surface area contributed by atoms with Crippen molar-refractivity contribution in [2.45, 2.75) is 46.3 Å². The van der Waals surface area contributed by atoms with Crippen molar-refractivity contribution in [1.82, 2.24) is 15.5 Å². The van der Waals surface area contributed by atoms with Crippen LogP contribution in [0, 0.1) is 11.2 Å². The smallest absolute Gasteiger partial charge is 0.268 e. The average molecular weight is 500 g/mol. The van der Waals surface area contributed by atoms with Crippen LogP contribution in [0.5, 0.6) is 5.75 Å². The molecule has 0 aliphatic rings. The molecule has 192 valence electrons. The first kappa shape index (κ1) is 27.0. The summed E-state index contributed by atoms with van der Waals surface area (Å²) in [6, 6.07) is 9.76. The second-order valence-corrected chi connectivity index (χ2v) is 9.30. The van der Waals surface area contributed by atoms with E-state index in [1.165, 1.54) is 12.1 Å². The molecule has 0 bridgehead atoms. The summed E-state index contributed by atoms with van der Waals surface area (Å²) in [5.41, 5.74) is 0.139. The highest BCUT2D eigenvalue weighted by molar-refractivity contribution is 5.99. The minimum atomic E-state index is -0.891. The van der Waals surface area contributed by atoms with Gasteiger partial charge >= 0.3 is 0 Å². The molecular formula is C26H30FN3O6. The summed E-state index contributed by atoms with van der Waals surface area (Å²) in [6.07, 6.45) is -0.0616. The van der Waals surface area contributed by atoms with E-state index in [1.807, 2.05) is 27.7 Å². The van der Waals surface area contributed by atoms with E-state index in [4.69, 9.17) is 19.5 Å². The molecule has 2 aromatic carbocycles. The zero-order valence-corrected chi connectivity index (χ0v) is 20.6. The standard InChI is InChI=1S/C26H30FN3O6/c1-5-21(35-18-9-6-15(7-10-18)22(33)26(2,3)4)25-29-23(30-36-25)16-8-11-19(20(27)12-16)24(34)28-17(13-31)14-32/h6-12,17,21,31-32H,5,13-14H2,1-4H3,(H,28,34)/t21-/m1/s1. The fraction of sp³-hybridized carbons (Fsp3) is 0.385. The molecule has 0 fully saturated rings. The summed E-state index contributed by atoms with van der Waals surface area (Å²) < 4.78 is 25.9. The normalized spacial score (nSPS) is 12.4. The molecule has 3 N–H and O–H groups in total. The molecule has 10 heteroatoms. The van der Waals surface area contributed by atoms with Gasteiger partial charge in [-0.15, -0.1) is 0 Å². The number of carbonyl (C=O) groups is 2. The molecule has 0 aliphatic carbocycles. The van der Waals surface area contributed by atoms with Gasteiger partial charge in [-0.1, -0.05) is 38.9 Å². The van der Waals surface area contributed by atoms with Crippen molar-refractivity contribution in [3.63, 3.8) is 0 Å². The van der Waals surface area contributed by atoms with Crippen LogP contribution in [0.2, 0.25) is 0 Å². The van der Waals surface area contributed by atoms with Crippen LogP contribution >= 0.6 is 0 Å². The number of aromatic nitrogens is 2. The number of benzene rings is 2. The van der Waals surface area contributed by atoms with Gasteiger partial charge in [0, 0.05) is 16.5 Å². The van der Waals surface area contributed by atoms with Crippen molar-refractivity contribution < 1.29 is 33.5 Å². The zero-order chi connectivity index (χ0) is 26.5. The molecule has 1 amide bonds. The third kappa shape index (κ3) is 6.32. The Morgan fingerprint density at radius 2 is 1.78 bits per heavy atom. The van der Waals surface area contributed by atoms with E-state index in [0.29, 0.717) is 23.3 Å². The molecule has 3 rings (SSSR count). The lowest BCUT2D eigenvalue weighted by molar-refractivity contribution is 0.0856. The fourth-order valence-electron chi connectivity index (χ4n) is 3.32. The number of nitrogens with zero attached hydrogens (tertiary/aromatic N) is 2. The Labute approximate surface area is 208 Å². The monoisotopic (exact) mass is 499 g/mol. The molecule has 9 nitrogen and oxygen atoms in total. The van der Waals surface area contributed by atoms with E-state index in [1.54, 1.807) is 24.3 Å². The van der Waals surface area contributed by atoms with Crippen molar-refractivity contribution in [2.24, 2.45) is 5.41 Å². The van der Waals surface area contributed by atoms with E-state index in [2.05, 4.69) is 15.5 Å². The van der Waals surface area contributed by atoms with Gasteiger partial charge in [-0.3, -0.25) is 9.59 Å². The third-order valence-electron chi connectivity index (χ3n) is 5.41. The number of Topliss-reactive ketones (excluding diaryl/α,β-unsaturated/α-hetero) is 1. The van der Waals surface area contributed by atoms with Crippen molar-refractivity contribution in [1.29, 1.82) is 0 Å². The van der Waals surface area contributed by atoms with Gasteiger partial charge in [0.05, 0.1) is 24.8 Å². The fourth-order valence-corrected chi connectivity index (χ4v) is 3.32. The Bertz CT molecular complexity index is 1200. The number of aliphatic hydroxyl groups is 2. The predicted molar refractivity (Wildman–Crippen MR) is 129 cm³/mol. The summed E-state index contributed by atoms with van der Waals surface area (Å²) >= 11 is 0. The van der Waals surface area contributed by atoms with Crippen LogP contribution in [0.4, 0.5) is 4.39 Å². The number of carbonyl (C=O) groups excluding carboxylic acids is 2. The summed E-state index contributed by atoms with van der Waals surface area (Å²) in [5.74, 6) is -0.724. The van der Waals surface area contributed by atoms with E-state index < -0.39 is 42.5 Å². The van der Waals surface area contributed by atoms with E-state index in [-0.39, 0.29) is 23.1 Å². The summed E-state index contributed by atoms with van der Waals surface area (Å²) in [7, 11) is 0. The summed E-state index contributed by atoms with van der Waals surface area (Å²) in [5, 5.41) is 24.4. The van der Waals surface area contributed by atoms with Gasteiger partial charge in [-0.25, -0.2) is 4.39 Å². The van der Waals surface area contributed by atoms with Gasteiger partial charge in [0.15, 0.2) is 11.9 Å². The molecular weight excluding hydrogens is 469 g/mol. The second kappa shape index (κ2) is 11.4. The predicted octanol–water partition coefficient (Wildman–Crippen LogP) is 3.72. The summed E-state index contributed by atoms with van der Waals surface area (Å²) in [6.45, 7) is 6.50. The maximum atomic E-state index is 14.6. The first-order valence-electron chi connectivity index (χ1n) is 11.5. The number of aliphatic hydroxyl groups excluding tert-OH is 2. The number of ether oxygens (including phenoxy) is 1. The van der Waals surface area contributed by atoms with Crippen molar-refractivity contribution in [3.05, 3.63) is 65.3 Å². The van der Waals surface area contributed by atoms with Crippen LogP contribution < -0.4 is 10.1 Å². The first-order valence-corrected chi connectivity index (χ1v) is 11.5. The molecule has 1 atom stereocenters. The van der Waals surface area contributed by atoms with Gasteiger partial charge < -0.3 is 24.8 Å². The zero-order valence-electron chi connectivity index (χ0n) is 20.6. The van der Waals surface area contributed by atoms with Crippen molar-refractivity contribution in [2.75, 3.05) is 13.2 Å². The lowest BCUT2D eigenvalue weighted by atomic mass is 9.86. The number of hydrogen-bond acceptors (Lipinski definition) is 8. The molecule has 0 aliphatic heterocycles. The Hall–Kier alpha value is -3.63. The molecule has 0 saturated heterocycles. The third-order valence-corrected chi connectivity index (χ3v) is 5.41. The van der Waals surface area contributed by atoms with Gasteiger partial charge in [0.1, 0.15) is 11.6 Å². The average Bonchev–Trinajstić information content (AvgIpc) is 3.35. The number of amides is 1. The van der Waals surface area contributed by atoms with Crippen molar-refractivity contribution in [3.8, 4) is 17.1 Å². The number of halogens is 1. The van der Waals surface area contributed by atoms with Crippen LogP contribution in [0.15, 0.2) is 47.0 Å². The molecule has 0 unspecified atom stereocenters. The molecule has 0 spiro atoms. The largest absolute Gasteiger partial charge is 0.481 e. The molecule has 0 saturated carbocycles. The Balaban J connectivity index is 1.73. The number of rotatable bonds is 10. The highest BCUT2D eigenvalue weighted by Crippen LogP contribution is 2.28. The van der Waals surface area contributed by atoms with Crippen LogP contribution in [-0.2, 0) is 0 Å². The molecule has 1 aromatic heterocycles. The lowest BCUT2D eigenvalue weighted by Gasteiger charge is -2.17.